The molecule has 3 heterocycles. The normalized spacial score (nSPS) is 31.5. The number of piperazine rings is 1. The van der Waals surface area contributed by atoms with E-state index in [1.807, 2.05) is 32.1 Å². The molecule has 3 aliphatic heterocycles. The zero-order chi connectivity index (χ0) is 48.8. The molecule has 0 bridgehead atoms. The molecule has 3 fully saturated rings. The molecule has 4 rings (SSSR count). The Balaban J connectivity index is 1.51. The average Bonchev–Trinajstić information content (AvgIpc) is 4.01. The fourth-order valence-electron chi connectivity index (χ4n) is 9.30. The van der Waals surface area contributed by atoms with Crippen molar-refractivity contribution in [1.29, 1.82) is 0 Å². The molecule has 1 amide bonds. The van der Waals surface area contributed by atoms with Gasteiger partial charge < -0.3 is 38.2 Å². The number of allylic oxidation sites excluding steroid dienone is 2. The van der Waals surface area contributed by atoms with Crippen LogP contribution in [0.15, 0.2) is 36.0 Å². The van der Waals surface area contributed by atoms with Gasteiger partial charge in [0, 0.05) is 56.6 Å². The van der Waals surface area contributed by atoms with Gasteiger partial charge in [0.05, 0.1) is 30.3 Å². The SMILES string of the molecule is CC[C@H](O[Si](C)(C)C(C)(C)C)[C@@H](C)[C@H]1O[C@@H]1CC(C)(O)/C=C/C=C(\C)[C@H]1OC(=O)C[C@H](O[Si](C)(C)C(C)(C)C)CC[C@@](C)(O)[C@@H](OC(=O)N2CCN(C3CCCCCC3)CC2)/C=C/[C@@H]1C. The number of esters is 1. The minimum atomic E-state index is -2.33. The maximum absolute atomic E-state index is 13.9. The zero-order valence-electron chi connectivity index (χ0n) is 43.8. The third-order valence-corrected chi connectivity index (χ3v) is 25.0. The molecule has 0 radical (unpaired) electrons. The molecule has 0 aromatic carbocycles. The monoisotopic (exact) mass is 947 g/mol. The topological polar surface area (TPSA) is 131 Å². The van der Waals surface area contributed by atoms with Crippen molar-refractivity contribution in [3.8, 4) is 0 Å². The van der Waals surface area contributed by atoms with Crippen molar-refractivity contribution < 1.29 is 42.9 Å². The van der Waals surface area contributed by atoms with Crippen molar-refractivity contribution >= 4 is 28.7 Å². The van der Waals surface area contributed by atoms with Crippen LogP contribution in [0, 0.1) is 11.8 Å². The van der Waals surface area contributed by atoms with E-state index in [1.54, 1.807) is 30.9 Å². The van der Waals surface area contributed by atoms with E-state index in [9.17, 15) is 19.8 Å². The standard InChI is InChI=1S/C52H94N2O9Si2/c1-17-42(63-65(15,16)50(8,9)10)39(4)47-43(59-47)36-51(11,57)29-22-23-37(2)46-38(3)26-27-44(60-48(56)54-33-31-53(32-34-54)40-24-20-18-19-21-25-40)52(12,58)30-28-41(35-45(55)61-46)62-64(13,14)49(5,6)7/h22-23,26-27,29,38-44,46-47,57-58H,17-21,24-25,28,30-36H2,1-16H3/b27-26+,29-22+,37-23+/t38-,39+,41+,42-,43+,44-,46+,47+,51?,52+/m0/s1. The van der Waals surface area contributed by atoms with E-state index in [-0.39, 0.29) is 59.0 Å². The molecule has 0 aromatic heterocycles. The lowest BCUT2D eigenvalue weighted by atomic mass is 9.88. The van der Waals surface area contributed by atoms with Crippen LogP contribution >= 0.6 is 0 Å². The van der Waals surface area contributed by atoms with Gasteiger partial charge in [-0.2, -0.15) is 0 Å². The second-order valence-electron chi connectivity index (χ2n) is 23.9. The van der Waals surface area contributed by atoms with Gasteiger partial charge in [0.15, 0.2) is 22.7 Å². The van der Waals surface area contributed by atoms with Crippen LogP contribution in [-0.4, -0.2) is 129 Å². The number of hydrogen-bond acceptors (Lipinski definition) is 10. The Bertz CT molecular complexity index is 1630. The van der Waals surface area contributed by atoms with E-state index < -0.39 is 52.2 Å². The summed E-state index contributed by atoms with van der Waals surface area (Å²) in [6.45, 7) is 36.8. The molecule has 2 saturated heterocycles. The van der Waals surface area contributed by atoms with Crippen LogP contribution in [0.5, 0.6) is 0 Å². The highest BCUT2D eigenvalue weighted by Crippen LogP contribution is 2.43. The second kappa shape index (κ2) is 22.7. The van der Waals surface area contributed by atoms with Gasteiger partial charge in [0.1, 0.15) is 11.7 Å². The van der Waals surface area contributed by atoms with Crippen LogP contribution in [0.4, 0.5) is 4.79 Å². The Hall–Kier alpha value is -1.85. The second-order valence-corrected chi connectivity index (χ2v) is 33.4. The lowest BCUT2D eigenvalue weighted by Gasteiger charge is -2.41. The van der Waals surface area contributed by atoms with Gasteiger partial charge in [-0.15, -0.1) is 0 Å². The van der Waals surface area contributed by atoms with Crippen molar-refractivity contribution in [3.05, 3.63) is 36.0 Å². The van der Waals surface area contributed by atoms with Crippen LogP contribution in [0.2, 0.25) is 36.3 Å². The number of rotatable bonds is 14. The van der Waals surface area contributed by atoms with Gasteiger partial charge in [-0.3, -0.25) is 9.69 Å². The number of aliphatic hydroxyl groups is 2. The summed E-state index contributed by atoms with van der Waals surface area (Å²) >= 11 is 0. The van der Waals surface area contributed by atoms with E-state index in [1.165, 1.54) is 38.5 Å². The molecule has 4 aliphatic rings. The highest BCUT2D eigenvalue weighted by Gasteiger charge is 2.50. The van der Waals surface area contributed by atoms with Crippen molar-refractivity contribution in [3.63, 3.8) is 0 Å². The molecular weight excluding hydrogens is 853 g/mol. The largest absolute Gasteiger partial charge is 0.457 e. The average molecular weight is 948 g/mol. The van der Waals surface area contributed by atoms with Crippen LogP contribution in [0.3, 0.4) is 0 Å². The third-order valence-electron chi connectivity index (χ3n) is 16.0. The lowest BCUT2D eigenvalue weighted by Crippen LogP contribution is -2.53. The molecule has 13 heteroatoms. The van der Waals surface area contributed by atoms with Crippen LogP contribution in [0.1, 0.15) is 154 Å². The number of ether oxygens (including phenoxy) is 3. The van der Waals surface area contributed by atoms with Gasteiger partial charge in [-0.1, -0.05) is 112 Å². The summed E-state index contributed by atoms with van der Waals surface area (Å²) < 4.78 is 32.4. The maximum Gasteiger partial charge on any atom is 0.410 e. The Morgan fingerprint density at radius 3 is 2.12 bits per heavy atom. The molecule has 1 unspecified atom stereocenters. The van der Waals surface area contributed by atoms with Crippen molar-refractivity contribution in [1.82, 2.24) is 9.80 Å². The zero-order valence-corrected chi connectivity index (χ0v) is 45.8. The summed E-state index contributed by atoms with van der Waals surface area (Å²) in [5.41, 5.74) is -1.78. The fraction of sp³-hybridized carbons (Fsp3) is 0.846. The van der Waals surface area contributed by atoms with Gasteiger partial charge >= 0.3 is 12.1 Å². The number of carbonyl (C=O) groups excluding carboxylic acids is 2. The minimum absolute atomic E-state index is 0.0274. The van der Waals surface area contributed by atoms with Crippen molar-refractivity contribution in [2.75, 3.05) is 26.2 Å². The number of carbonyl (C=O) groups is 2. The van der Waals surface area contributed by atoms with E-state index in [2.05, 4.69) is 86.5 Å². The summed E-state index contributed by atoms with van der Waals surface area (Å²) in [7, 11) is -4.29. The first-order valence-electron chi connectivity index (χ1n) is 25.4. The van der Waals surface area contributed by atoms with E-state index >= 15 is 0 Å². The summed E-state index contributed by atoms with van der Waals surface area (Å²) in [5.74, 6) is -0.509. The van der Waals surface area contributed by atoms with Crippen LogP contribution < -0.4 is 0 Å². The number of hydrogen-bond donors (Lipinski definition) is 2. The Labute approximate surface area is 397 Å². The lowest BCUT2D eigenvalue weighted by molar-refractivity contribution is -0.151. The van der Waals surface area contributed by atoms with Crippen molar-refractivity contribution in [2.45, 2.75) is 244 Å². The van der Waals surface area contributed by atoms with Crippen LogP contribution in [-0.2, 0) is 27.9 Å². The van der Waals surface area contributed by atoms with Gasteiger partial charge in [-0.25, -0.2) is 4.79 Å². The molecule has 0 aromatic rings. The summed E-state index contributed by atoms with van der Waals surface area (Å²) in [6.07, 6.45) is 16.4. The summed E-state index contributed by atoms with van der Waals surface area (Å²) in [5, 5.41) is 23.7. The Kier molecular flexibility index (Phi) is 19.5. The molecular formula is C52H94N2O9Si2. The molecule has 1 aliphatic carbocycles. The van der Waals surface area contributed by atoms with E-state index in [0.29, 0.717) is 32.0 Å². The van der Waals surface area contributed by atoms with Gasteiger partial charge in [0.25, 0.3) is 0 Å². The van der Waals surface area contributed by atoms with Crippen molar-refractivity contribution in [2.24, 2.45) is 11.8 Å². The minimum Gasteiger partial charge on any atom is -0.457 e. The molecule has 10 atom stereocenters. The number of nitrogens with zero attached hydrogens (tertiary/aromatic N) is 2. The Morgan fingerprint density at radius 1 is 0.954 bits per heavy atom. The quantitative estimate of drug-likeness (QED) is 0.0433. The first-order chi connectivity index (χ1) is 30.0. The third kappa shape index (κ3) is 16.1. The smallest absolute Gasteiger partial charge is 0.410 e. The molecule has 2 N–H and O–H groups in total. The highest BCUT2D eigenvalue weighted by atomic mass is 28.4. The molecule has 65 heavy (non-hydrogen) atoms. The first kappa shape index (κ1) is 55.7. The summed E-state index contributed by atoms with van der Waals surface area (Å²) in [4.78, 5) is 32.1. The van der Waals surface area contributed by atoms with E-state index in [4.69, 9.17) is 23.1 Å². The fourth-order valence-corrected chi connectivity index (χ4v) is 12.2. The number of amides is 1. The number of epoxide rings is 1. The van der Waals surface area contributed by atoms with Gasteiger partial charge in [-0.05, 0) is 101 Å². The molecule has 11 nitrogen and oxygen atoms in total. The number of cyclic esters (lactones) is 1. The molecule has 0 spiro atoms. The summed E-state index contributed by atoms with van der Waals surface area (Å²) in [6, 6.07) is 0.586. The Morgan fingerprint density at radius 2 is 1.55 bits per heavy atom. The molecule has 374 valence electrons. The predicted octanol–water partition coefficient (Wildman–Crippen LogP) is 11.1. The molecule has 1 saturated carbocycles. The van der Waals surface area contributed by atoms with E-state index in [0.717, 1.165) is 25.1 Å². The first-order valence-corrected chi connectivity index (χ1v) is 31.2. The van der Waals surface area contributed by atoms with Gasteiger partial charge in [0.2, 0.25) is 0 Å². The maximum atomic E-state index is 13.9. The van der Waals surface area contributed by atoms with Crippen LogP contribution in [0.25, 0.3) is 0 Å². The highest BCUT2D eigenvalue weighted by molar-refractivity contribution is 6.74. The predicted molar refractivity (Wildman–Crippen MR) is 268 cm³/mol.